The van der Waals surface area contributed by atoms with Gasteiger partial charge in [-0.2, -0.15) is 13.2 Å². The highest BCUT2D eigenvalue weighted by molar-refractivity contribution is 6.51. The maximum absolute atomic E-state index is 13.1. The molecule has 0 radical (unpaired) electrons. The molecule has 1 aromatic heterocycles. The van der Waals surface area contributed by atoms with Crippen LogP contribution in [0.3, 0.4) is 0 Å². The van der Waals surface area contributed by atoms with Crippen LogP contribution >= 0.6 is 0 Å². The van der Waals surface area contributed by atoms with Gasteiger partial charge in [0.05, 0.1) is 24.5 Å². The number of ether oxygens (including phenoxy) is 1. The molecule has 1 aliphatic rings. The number of hydrogen-bond donors (Lipinski definition) is 1. The number of aliphatic hydroxyl groups excluding tert-OH is 1. The third kappa shape index (κ3) is 4.29. The Labute approximate surface area is 199 Å². The van der Waals surface area contributed by atoms with Crippen LogP contribution in [-0.2, 0) is 15.8 Å². The monoisotopic (exact) mass is 485 g/mol. The van der Waals surface area contributed by atoms with Crippen molar-refractivity contribution in [2.75, 3.05) is 12.0 Å². The third-order valence-electron chi connectivity index (χ3n) is 5.86. The molecule has 1 saturated heterocycles. The van der Waals surface area contributed by atoms with E-state index in [2.05, 4.69) is 0 Å². The quantitative estimate of drug-likeness (QED) is 0.270. The van der Waals surface area contributed by atoms with Crippen molar-refractivity contribution in [1.82, 2.24) is 0 Å². The summed E-state index contributed by atoms with van der Waals surface area (Å²) in [6, 6.07) is 10.6. The van der Waals surface area contributed by atoms with E-state index in [1.165, 1.54) is 19.4 Å². The van der Waals surface area contributed by atoms with Gasteiger partial charge in [0.1, 0.15) is 23.3 Å². The van der Waals surface area contributed by atoms with Crippen LogP contribution in [0, 0.1) is 0 Å². The second-order valence-corrected chi connectivity index (χ2v) is 8.34. The average Bonchev–Trinajstić information content (AvgIpc) is 3.44. The molecule has 0 spiro atoms. The number of nitrogens with zero attached hydrogens (tertiary/aromatic N) is 1. The zero-order valence-corrected chi connectivity index (χ0v) is 19.1. The van der Waals surface area contributed by atoms with E-state index >= 15 is 0 Å². The number of anilines is 1. The largest absolute Gasteiger partial charge is 0.507 e. The van der Waals surface area contributed by atoms with E-state index in [0.29, 0.717) is 5.75 Å². The maximum atomic E-state index is 13.1. The van der Waals surface area contributed by atoms with Gasteiger partial charge in [0.2, 0.25) is 0 Å². The minimum Gasteiger partial charge on any atom is -0.507 e. The molecular weight excluding hydrogens is 463 g/mol. The predicted molar refractivity (Wildman–Crippen MR) is 122 cm³/mol. The van der Waals surface area contributed by atoms with Gasteiger partial charge in [-0.3, -0.25) is 14.5 Å². The van der Waals surface area contributed by atoms with Crippen molar-refractivity contribution in [3.8, 4) is 5.75 Å². The third-order valence-corrected chi connectivity index (χ3v) is 5.86. The Kier molecular flexibility index (Phi) is 6.19. The fourth-order valence-electron chi connectivity index (χ4n) is 4.11. The number of ketones is 1. The molecule has 2 aromatic carbocycles. The smallest absolute Gasteiger partial charge is 0.416 e. The summed E-state index contributed by atoms with van der Waals surface area (Å²) in [4.78, 5) is 27.2. The second-order valence-electron chi connectivity index (χ2n) is 8.34. The van der Waals surface area contributed by atoms with Gasteiger partial charge >= 0.3 is 6.18 Å². The van der Waals surface area contributed by atoms with Crippen molar-refractivity contribution in [2.24, 2.45) is 0 Å². The van der Waals surface area contributed by atoms with Crippen molar-refractivity contribution in [3.63, 3.8) is 0 Å². The molecule has 35 heavy (non-hydrogen) atoms. The Morgan fingerprint density at radius 2 is 1.77 bits per heavy atom. The number of aliphatic hydroxyl groups is 1. The van der Waals surface area contributed by atoms with Crippen LogP contribution in [0.25, 0.3) is 5.76 Å². The Balaban J connectivity index is 1.88. The summed E-state index contributed by atoms with van der Waals surface area (Å²) in [5.41, 5.74) is -0.00533. The van der Waals surface area contributed by atoms with Crippen LogP contribution in [0.2, 0.25) is 0 Å². The Bertz CT molecular complexity index is 1290. The van der Waals surface area contributed by atoms with Crippen LogP contribution in [0.4, 0.5) is 18.9 Å². The first-order chi connectivity index (χ1) is 16.5. The number of carbonyl (C=O) groups is 2. The summed E-state index contributed by atoms with van der Waals surface area (Å²) in [5.74, 6) is -1.60. The summed E-state index contributed by atoms with van der Waals surface area (Å²) in [6.07, 6.45) is -3.22. The molecule has 182 valence electrons. The minimum absolute atomic E-state index is 0.0353. The molecule has 9 heteroatoms. The van der Waals surface area contributed by atoms with Crippen molar-refractivity contribution in [3.05, 3.63) is 88.9 Å². The van der Waals surface area contributed by atoms with Crippen LogP contribution in [-0.4, -0.2) is 23.9 Å². The van der Waals surface area contributed by atoms with Gasteiger partial charge in [-0.15, -0.1) is 0 Å². The molecule has 2 heterocycles. The number of Topliss-reactive ketones (excluding diaryl/α,β-unsaturated/α-hetero) is 1. The van der Waals surface area contributed by atoms with E-state index in [1.807, 2.05) is 13.8 Å². The highest BCUT2D eigenvalue weighted by Gasteiger charge is 2.48. The van der Waals surface area contributed by atoms with E-state index in [-0.39, 0.29) is 28.5 Å². The van der Waals surface area contributed by atoms with Gasteiger partial charge in [0.25, 0.3) is 11.7 Å². The SMILES string of the molecule is COc1ccc(/C(O)=C2/C(=O)C(=O)N(c3ccc(C(F)(F)F)cc3)C2c2ccco2)cc1C(C)C. The molecule has 1 N–H and O–H groups in total. The van der Waals surface area contributed by atoms with Crippen molar-refractivity contribution in [2.45, 2.75) is 32.0 Å². The highest BCUT2D eigenvalue weighted by Crippen LogP contribution is 2.43. The number of methoxy groups -OCH3 is 1. The predicted octanol–water partition coefficient (Wildman–Crippen LogP) is 6.06. The fraction of sp³-hybridized carbons (Fsp3) is 0.231. The first-order valence-electron chi connectivity index (χ1n) is 10.7. The number of carbonyl (C=O) groups excluding carboxylic acids is 2. The normalized spacial score (nSPS) is 17.9. The lowest BCUT2D eigenvalue weighted by Crippen LogP contribution is -2.29. The molecule has 3 aromatic rings. The lowest BCUT2D eigenvalue weighted by Gasteiger charge is -2.24. The van der Waals surface area contributed by atoms with Crippen molar-refractivity contribution in [1.29, 1.82) is 0 Å². The average molecular weight is 485 g/mol. The molecule has 4 rings (SSSR count). The van der Waals surface area contributed by atoms with Gasteiger partial charge in [0, 0.05) is 11.3 Å². The number of alkyl halides is 3. The number of benzene rings is 2. The lowest BCUT2D eigenvalue weighted by atomic mass is 9.95. The number of amides is 1. The van der Waals surface area contributed by atoms with Gasteiger partial charge in [-0.1, -0.05) is 13.8 Å². The van der Waals surface area contributed by atoms with E-state index in [1.54, 1.807) is 24.3 Å². The number of hydrogen-bond acceptors (Lipinski definition) is 5. The highest BCUT2D eigenvalue weighted by atomic mass is 19.4. The lowest BCUT2D eigenvalue weighted by molar-refractivity contribution is -0.137. The molecule has 1 amide bonds. The number of rotatable bonds is 5. The molecule has 1 aliphatic heterocycles. The molecular formula is C26H22F3NO5. The van der Waals surface area contributed by atoms with Crippen LogP contribution < -0.4 is 9.64 Å². The molecule has 0 saturated carbocycles. The summed E-state index contributed by atoms with van der Waals surface area (Å²) in [5, 5.41) is 11.2. The molecule has 6 nitrogen and oxygen atoms in total. The first-order valence-corrected chi connectivity index (χ1v) is 10.7. The Morgan fingerprint density at radius 1 is 1.09 bits per heavy atom. The second kappa shape index (κ2) is 8.98. The van der Waals surface area contributed by atoms with Crippen LogP contribution in [0.1, 0.15) is 48.3 Å². The number of furan rings is 1. The van der Waals surface area contributed by atoms with E-state index in [9.17, 15) is 27.9 Å². The molecule has 1 fully saturated rings. The zero-order chi connectivity index (χ0) is 25.5. The van der Waals surface area contributed by atoms with Crippen molar-refractivity contribution >= 4 is 23.1 Å². The minimum atomic E-state index is -4.56. The van der Waals surface area contributed by atoms with Gasteiger partial charge < -0.3 is 14.3 Å². The van der Waals surface area contributed by atoms with Crippen LogP contribution in [0.5, 0.6) is 5.75 Å². The van der Waals surface area contributed by atoms with Gasteiger partial charge in [0.15, 0.2) is 0 Å². The topological polar surface area (TPSA) is 80.0 Å². The van der Waals surface area contributed by atoms with Crippen LogP contribution in [0.15, 0.2) is 70.9 Å². The zero-order valence-electron chi connectivity index (χ0n) is 19.1. The maximum Gasteiger partial charge on any atom is 0.416 e. The molecule has 0 aliphatic carbocycles. The summed E-state index contributed by atoms with van der Waals surface area (Å²) in [6.45, 7) is 3.88. The van der Waals surface area contributed by atoms with E-state index < -0.39 is 35.2 Å². The van der Waals surface area contributed by atoms with Gasteiger partial charge in [-0.05, 0) is 66.1 Å². The molecule has 0 bridgehead atoms. The summed E-state index contributed by atoms with van der Waals surface area (Å²) < 4.78 is 49.9. The molecule has 1 atom stereocenters. The summed E-state index contributed by atoms with van der Waals surface area (Å²) >= 11 is 0. The Morgan fingerprint density at radius 3 is 2.31 bits per heavy atom. The van der Waals surface area contributed by atoms with Gasteiger partial charge in [-0.25, -0.2) is 0 Å². The first kappa shape index (κ1) is 24.1. The standard InChI is InChI=1S/C26H22F3NO5/c1-14(2)18-13-15(6-11-19(18)34-3)23(31)21-22(20-5-4-12-35-20)30(25(33)24(21)32)17-9-7-16(8-10-17)26(27,28)29/h4-14,22,31H,1-3H3/b23-21-. The molecule has 1 unspecified atom stereocenters. The number of halogens is 3. The summed E-state index contributed by atoms with van der Waals surface area (Å²) in [7, 11) is 1.52. The Hall–Kier alpha value is -4.01. The van der Waals surface area contributed by atoms with E-state index in [4.69, 9.17) is 9.15 Å². The fourth-order valence-corrected chi connectivity index (χ4v) is 4.11. The van der Waals surface area contributed by atoms with Crippen molar-refractivity contribution < 1.29 is 37.0 Å². The van der Waals surface area contributed by atoms with E-state index in [0.717, 1.165) is 34.7 Å².